The summed E-state index contributed by atoms with van der Waals surface area (Å²) in [5.74, 6) is 1.53. The second-order valence-electron chi connectivity index (χ2n) is 6.88. The largest absolute Gasteiger partial charge is 0.372 e. The lowest BCUT2D eigenvalue weighted by molar-refractivity contribution is -0.00569. The maximum Gasteiger partial charge on any atom is 0.229 e. The predicted octanol–water partition coefficient (Wildman–Crippen LogP) is 2.59. The lowest BCUT2D eigenvalue weighted by Crippen LogP contribution is -2.46. The number of hydrogen-bond donors (Lipinski definition) is 1. The molecule has 136 valence electrons. The zero-order valence-corrected chi connectivity index (χ0v) is 15.4. The second kappa shape index (κ2) is 6.92. The molecule has 1 aromatic carbocycles. The number of ether oxygens (including phenoxy) is 1. The number of aromatic nitrogens is 4. The number of nitrogens with one attached hydrogen (secondary N) is 1. The topological polar surface area (TPSA) is 68.1 Å². The van der Waals surface area contributed by atoms with Crippen LogP contribution in [0.15, 0.2) is 36.5 Å². The molecule has 26 heavy (non-hydrogen) atoms. The third-order valence-corrected chi connectivity index (χ3v) is 4.59. The van der Waals surface area contributed by atoms with Gasteiger partial charge in [-0.25, -0.2) is 0 Å². The predicted molar refractivity (Wildman–Crippen MR) is 102 cm³/mol. The molecule has 1 N–H and O–H groups in total. The normalized spacial score (nSPS) is 20.5. The minimum atomic E-state index is 0.158. The Kier molecular flexibility index (Phi) is 4.46. The quantitative estimate of drug-likeness (QED) is 0.778. The Balaban J connectivity index is 1.67. The van der Waals surface area contributed by atoms with Gasteiger partial charge in [0, 0.05) is 26.7 Å². The molecular formula is C19H24N6O. The number of rotatable bonds is 4. The standard InChI is InChI=1S/C19H24N6O/c1-13-11-25(12-14(2)26-13)19-22-17(16-10-21-24(3)18(16)23-19)20-9-15-7-5-4-6-8-15/h4-8,10,13-14H,9,11-12H2,1-3H3,(H,20,22,23)/t13-,14-/m1/s1. The van der Waals surface area contributed by atoms with Crippen molar-refractivity contribution >= 4 is 22.8 Å². The van der Waals surface area contributed by atoms with Crippen molar-refractivity contribution in [2.24, 2.45) is 7.05 Å². The Morgan fingerprint density at radius 2 is 1.85 bits per heavy atom. The smallest absolute Gasteiger partial charge is 0.229 e. The summed E-state index contributed by atoms with van der Waals surface area (Å²) >= 11 is 0. The monoisotopic (exact) mass is 352 g/mol. The molecule has 0 amide bonds. The zero-order valence-electron chi connectivity index (χ0n) is 15.4. The second-order valence-corrected chi connectivity index (χ2v) is 6.88. The van der Waals surface area contributed by atoms with Crippen LogP contribution < -0.4 is 10.2 Å². The Morgan fingerprint density at radius 3 is 2.58 bits per heavy atom. The van der Waals surface area contributed by atoms with E-state index in [-0.39, 0.29) is 12.2 Å². The van der Waals surface area contributed by atoms with Crippen LogP contribution in [0, 0.1) is 0 Å². The van der Waals surface area contributed by atoms with Crippen LogP contribution in [0.4, 0.5) is 11.8 Å². The van der Waals surface area contributed by atoms with Crippen molar-refractivity contribution in [3.63, 3.8) is 0 Å². The van der Waals surface area contributed by atoms with Gasteiger partial charge >= 0.3 is 0 Å². The van der Waals surface area contributed by atoms with Gasteiger partial charge in [-0.3, -0.25) is 4.68 Å². The van der Waals surface area contributed by atoms with Crippen molar-refractivity contribution in [3.05, 3.63) is 42.1 Å². The van der Waals surface area contributed by atoms with E-state index < -0.39 is 0 Å². The molecule has 1 aliphatic heterocycles. The Bertz CT molecular complexity index is 884. The highest BCUT2D eigenvalue weighted by Gasteiger charge is 2.25. The van der Waals surface area contributed by atoms with Crippen LogP contribution in [0.1, 0.15) is 19.4 Å². The molecule has 1 fully saturated rings. The summed E-state index contributed by atoms with van der Waals surface area (Å²) in [5, 5.41) is 8.75. The lowest BCUT2D eigenvalue weighted by Gasteiger charge is -2.35. The van der Waals surface area contributed by atoms with E-state index in [2.05, 4.69) is 41.3 Å². The third kappa shape index (κ3) is 3.35. The highest BCUT2D eigenvalue weighted by Crippen LogP contribution is 2.25. The van der Waals surface area contributed by atoms with Gasteiger partial charge in [0.1, 0.15) is 5.82 Å². The maximum atomic E-state index is 5.84. The molecule has 0 spiro atoms. The molecule has 0 saturated carbocycles. The average Bonchev–Trinajstić information content (AvgIpc) is 3.01. The molecular weight excluding hydrogens is 328 g/mol. The summed E-state index contributed by atoms with van der Waals surface area (Å²) in [6.45, 7) is 6.44. The highest BCUT2D eigenvalue weighted by molar-refractivity contribution is 5.87. The Morgan fingerprint density at radius 1 is 1.12 bits per heavy atom. The fraction of sp³-hybridized carbons (Fsp3) is 0.421. The van der Waals surface area contributed by atoms with Crippen molar-refractivity contribution < 1.29 is 4.74 Å². The van der Waals surface area contributed by atoms with Crippen molar-refractivity contribution in [1.29, 1.82) is 0 Å². The van der Waals surface area contributed by atoms with E-state index in [1.165, 1.54) is 5.56 Å². The van der Waals surface area contributed by atoms with Crippen LogP contribution in [0.5, 0.6) is 0 Å². The average molecular weight is 352 g/mol. The first-order valence-electron chi connectivity index (χ1n) is 8.98. The summed E-state index contributed by atoms with van der Waals surface area (Å²) in [6.07, 6.45) is 2.13. The van der Waals surface area contributed by atoms with Gasteiger partial charge in [-0.15, -0.1) is 0 Å². The van der Waals surface area contributed by atoms with Gasteiger partial charge in [-0.1, -0.05) is 30.3 Å². The maximum absolute atomic E-state index is 5.84. The van der Waals surface area contributed by atoms with Crippen molar-refractivity contribution in [3.8, 4) is 0 Å². The summed E-state index contributed by atoms with van der Waals surface area (Å²) in [5.41, 5.74) is 2.04. The molecule has 2 atom stereocenters. The molecule has 0 bridgehead atoms. The van der Waals surface area contributed by atoms with Gasteiger partial charge in [0.25, 0.3) is 0 Å². The first-order chi connectivity index (χ1) is 12.6. The highest BCUT2D eigenvalue weighted by atomic mass is 16.5. The molecule has 1 saturated heterocycles. The first kappa shape index (κ1) is 16.8. The van der Waals surface area contributed by atoms with E-state index in [1.807, 2.05) is 31.4 Å². The molecule has 3 aromatic rings. The van der Waals surface area contributed by atoms with Crippen LogP contribution in [-0.4, -0.2) is 45.0 Å². The van der Waals surface area contributed by atoms with Gasteiger partial charge in [0.2, 0.25) is 5.95 Å². The molecule has 4 rings (SSSR count). The van der Waals surface area contributed by atoms with E-state index in [4.69, 9.17) is 14.7 Å². The molecule has 7 heteroatoms. The van der Waals surface area contributed by atoms with E-state index >= 15 is 0 Å². The van der Waals surface area contributed by atoms with Crippen LogP contribution in [0.25, 0.3) is 11.0 Å². The summed E-state index contributed by atoms with van der Waals surface area (Å²) < 4.78 is 7.63. The van der Waals surface area contributed by atoms with Crippen molar-refractivity contribution in [2.45, 2.75) is 32.6 Å². The van der Waals surface area contributed by atoms with Gasteiger partial charge < -0.3 is 15.0 Å². The molecule has 2 aromatic heterocycles. The van der Waals surface area contributed by atoms with E-state index in [1.54, 1.807) is 4.68 Å². The van der Waals surface area contributed by atoms with Gasteiger partial charge in [-0.2, -0.15) is 15.1 Å². The summed E-state index contributed by atoms with van der Waals surface area (Å²) in [4.78, 5) is 11.8. The third-order valence-electron chi connectivity index (χ3n) is 4.59. The number of anilines is 2. The minimum absolute atomic E-state index is 0.158. The number of nitrogens with zero attached hydrogens (tertiary/aromatic N) is 5. The number of fused-ring (bicyclic) bond motifs is 1. The zero-order chi connectivity index (χ0) is 18.1. The van der Waals surface area contributed by atoms with Crippen LogP contribution in [-0.2, 0) is 18.3 Å². The van der Waals surface area contributed by atoms with Crippen LogP contribution in [0.3, 0.4) is 0 Å². The van der Waals surface area contributed by atoms with Crippen molar-refractivity contribution in [2.75, 3.05) is 23.3 Å². The van der Waals surface area contributed by atoms with E-state index in [0.717, 1.165) is 35.9 Å². The van der Waals surface area contributed by atoms with E-state index in [9.17, 15) is 0 Å². The van der Waals surface area contributed by atoms with Gasteiger partial charge in [0.15, 0.2) is 5.65 Å². The SMILES string of the molecule is C[C@@H]1CN(c2nc(NCc3ccccc3)c3cnn(C)c3n2)C[C@@H](C)O1. The minimum Gasteiger partial charge on any atom is -0.372 e. The van der Waals surface area contributed by atoms with Gasteiger partial charge in [0.05, 0.1) is 23.8 Å². The molecule has 0 radical (unpaired) electrons. The Hall–Kier alpha value is -2.67. The van der Waals surface area contributed by atoms with Gasteiger partial charge in [-0.05, 0) is 19.4 Å². The number of hydrogen-bond acceptors (Lipinski definition) is 6. The first-order valence-corrected chi connectivity index (χ1v) is 8.98. The molecule has 3 heterocycles. The fourth-order valence-electron chi connectivity index (χ4n) is 3.41. The van der Waals surface area contributed by atoms with E-state index in [0.29, 0.717) is 6.54 Å². The van der Waals surface area contributed by atoms with Crippen LogP contribution in [0.2, 0.25) is 0 Å². The van der Waals surface area contributed by atoms with Crippen LogP contribution >= 0.6 is 0 Å². The molecule has 7 nitrogen and oxygen atoms in total. The summed E-state index contributed by atoms with van der Waals surface area (Å²) in [7, 11) is 1.91. The number of benzene rings is 1. The Labute approximate surface area is 153 Å². The lowest BCUT2D eigenvalue weighted by atomic mass is 10.2. The fourth-order valence-corrected chi connectivity index (χ4v) is 3.41. The molecule has 0 aliphatic carbocycles. The van der Waals surface area contributed by atoms with Crippen molar-refractivity contribution in [1.82, 2.24) is 19.7 Å². The molecule has 0 unspecified atom stereocenters. The summed E-state index contributed by atoms with van der Waals surface area (Å²) in [6, 6.07) is 10.3. The molecule has 1 aliphatic rings. The number of morpholine rings is 1. The number of aryl methyl sites for hydroxylation is 1.